The van der Waals surface area contributed by atoms with Gasteiger partial charge in [0.1, 0.15) is 5.82 Å². The van der Waals surface area contributed by atoms with Crippen LogP contribution in [0.3, 0.4) is 0 Å². The summed E-state index contributed by atoms with van der Waals surface area (Å²) in [5.41, 5.74) is 0.672. The number of benzene rings is 1. The molecule has 0 bridgehead atoms. The third-order valence-electron chi connectivity index (χ3n) is 2.59. The molecule has 0 spiro atoms. The fourth-order valence-electron chi connectivity index (χ4n) is 1.42. The number of halogens is 1. The molecule has 2 rings (SSSR count). The zero-order valence-corrected chi connectivity index (χ0v) is 11.6. The van der Waals surface area contributed by atoms with Gasteiger partial charge < -0.3 is 9.63 Å². The molecule has 0 fully saturated rings. The molecular formula is C13H13FN2O3S. The van der Waals surface area contributed by atoms with Crippen molar-refractivity contribution in [1.29, 1.82) is 0 Å². The molecule has 0 saturated carbocycles. The molecule has 0 amide bonds. The van der Waals surface area contributed by atoms with Gasteiger partial charge in [-0.25, -0.2) is 4.39 Å². The van der Waals surface area contributed by atoms with E-state index in [1.807, 2.05) is 0 Å². The van der Waals surface area contributed by atoms with Crippen LogP contribution in [0, 0.1) is 11.7 Å². The van der Waals surface area contributed by atoms with E-state index in [0.29, 0.717) is 28.8 Å². The summed E-state index contributed by atoms with van der Waals surface area (Å²) in [5.74, 6) is 0.180. The first kappa shape index (κ1) is 14.5. The fraction of sp³-hybridized carbons (Fsp3) is 0.308. The number of thioether (sulfide) groups is 1. The standard InChI is InChI=1S/C13H13FN2O3S/c1-8(13(17)18)6-20-7-11-15-12(16-19-11)9-2-4-10(14)5-3-9/h2-5,8H,6-7H2,1H3,(H,17,18). The molecular weight excluding hydrogens is 283 g/mol. The van der Waals surface area contributed by atoms with Crippen molar-refractivity contribution >= 4 is 17.7 Å². The second-order valence-electron chi connectivity index (χ2n) is 4.27. The first-order valence-corrected chi connectivity index (χ1v) is 7.11. The fourth-order valence-corrected chi connectivity index (χ4v) is 2.33. The van der Waals surface area contributed by atoms with Crippen molar-refractivity contribution in [2.75, 3.05) is 5.75 Å². The van der Waals surface area contributed by atoms with Gasteiger partial charge in [0.2, 0.25) is 11.7 Å². The Morgan fingerprint density at radius 1 is 1.45 bits per heavy atom. The van der Waals surface area contributed by atoms with Gasteiger partial charge in [0, 0.05) is 11.3 Å². The number of nitrogens with zero attached hydrogens (tertiary/aromatic N) is 2. The number of carboxylic acids is 1. The Morgan fingerprint density at radius 2 is 2.15 bits per heavy atom. The van der Waals surface area contributed by atoms with E-state index in [1.165, 1.54) is 23.9 Å². The lowest BCUT2D eigenvalue weighted by Crippen LogP contribution is -2.11. The summed E-state index contributed by atoms with van der Waals surface area (Å²) in [4.78, 5) is 14.8. The van der Waals surface area contributed by atoms with Crippen molar-refractivity contribution in [1.82, 2.24) is 10.1 Å². The lowest BCUT2D eigenvalue weighted by molar-refractivity contribution is -0.140. The highest BCUT2D eigenvalue weighted by molar-refractivity contribution is 7.98. The topological polar surface area (TPSA) is 76.2 Å². The molecule has 1 unspecified atom stereocenters. The van der Waals surface area contributed by atoms with Crippen LogP contribution in [0.15, 0.2) is 28.8 Å². The van der Waals surface area contributed by atoms with Crippen LogP contribution in [0.2, 0.25) is 0 Å². The molecule has 0 aliphatic carbocycles. The van der Waals surface area contributed by atoms with Crippen molar-refractivity contribution in [2.45, 2.75) is 12.7 Å². The second-order valence-corrected chi connectivity index (χ2v) is 5.30. The third-order valence-corrected chi connectivity index (χ3v) is 3.77. The summed E-state index contributed by atoms with van der Waals surface area (Å²) < 4.78 is 17.9. The van der Waals surface area contributed by atoms with E-state index in [0.717, 1.165) is 0 Å². The number of aromatic nitrogens is 2. The van der Waals surface area contributed by atoms with Crippen LogP contribution in [0.5, 0.6) is 0 Å². The monoisotopic (exact) mass is 296 g/mol. The van der Waals surface area contributed by atoms with Crippen LogP contribution in [0.4, 0.5) is 4.39 Å². The van der Waals surface area contributed by atoms with Crippen LogP contribution in [-0.2, 0) is 10.5 Å². The Hall–Kier alpha value is -1.89. The number of rotatable bonds is 6. The molecule has 106 valence electrons. The predicted octanol–water partition coefficient (Wildman–Crippen LogP) is 2.83. The van der Waals surface area contributed by atoms with E-state index >= 15 is 0 Å². The van der Waals surface area contributed by atoms with E-state index in [1.54, 1.807) is 19.1 Å². The van der Waals surface area contributed by atoms with Gasteiger partial charge in [-0.3, -0.25) is 4.79 Å². The average Bonchev–Trinajstić information content (AvgIpc) is 2.88. The maximum Gasteiger partial charge on any atom is 0.307 e. The van der Waals surface area contributed by atoms with E-state index in [2.05, 4.69) is 10.1 Å². The Kier molecular flexibility index (Phi) is 4.73. The van der Waals surface area contributed by atoms with Gasteiger partial charge in [0.25, 0.3) is 0 Å². The molecule has 0 radical (unpaired) electrons. The zero-order chi connectivity index (χ0) is 14.5. The molecule has 0 aliphatic heterocycles. The Morgan fingerprint density at radius 3 is 2.80 bits per heavy atom. The van der Waals surface area contributed by atoms with Crippen LogP contribution in [0.25, 0.3) is 11.4 Å². The van der Waals surface area contributed by atoms with Crippen LogP contribution in [-0.4, -0.2) is 27.0 Å². The molecule has 5 nitrogen and oxygen atoms in total. The highest BCUT2D eigenvalue weighted by Crippen LogP contribution is 2.19. The second kappa shape index (κ2) is 6.51. The third kappa shape index (κ3) is 3.80. The highest BCUT2D eigenvalue weighted by Gasteiger charge is 2.13. The normalized spacial score (nSPS) is 12.3. The van der Waals surface area contributed by atoms with Gasteiger partial charge in [-0.2, -0.15) is 16.7 Å². The minimum atomic E-state index is -0.824. The average molecular weight is 296 g/mol. The van der Waals surface area contributed by atoms with Gasteiger partial charge in [-0.05, 0) is 24.3 Å². The van der Waals surface area contributed by atoms with Crippen LogP contribution >= 0.6 is 11.8 Å². The van der Waals surface area contributed by atoms with Crippen molar-refractivity contribution in [3.63, 3.8) is 0 Å². The van der Waals surface area contributed by atoms with Gasteiger partial charge in [-0.1, -0.05) is 12.1 Å². The van der Waals surface area contributed by atoms with Gasteiger partial charge in [0.15, 0.2) is 0 Å². The minimum absolute atomic E-state index is 0.323. The molecule has 1 aromatic heterocycles. The number of aliphatic carboxylic acids is 1. The van der Waals surface area contributed by atoms with E-state index in [4.69, 9.17) is 9.63 Å². The lowest BCUT2D eigenvalue weighted by Gasteiger charge is -2.02. The first-order valence-electron chi connectivity index (χ1n) is 5.95. The summed E-state index contributed by atoms with van der Waals surface area (Å²) in [5, 5.41) is 12.6. The first-order chi connectivity index (χ1) is 9.56. The summed E-state index contributed by atoms with van der Waals surface area (Å²) in [6, 6.07) is 5.80. The lowest BCUT2D eigenvalue weighted by atomic mass is 10.2. The van der Waals surface area contributed by atoms with E-state index in [9.17, 15) is 9.18 Å². The number of carboxylic acid groups (broad SMARTS) is 1. The summed E-state index contributed by atoms with van der Waals surface area (Å²) in [7, 11) is 0. The molecule has 1 heterocycles. The Balaban J connectivity index is 1.92. The molecule has 1 N–H and O–H groups in total. The molecule has 1 aromatic carbocycles. The maximum atomic E-state index is 12.8. The predicted molar refractivity (Wildman–Crippen MR) is 72.7 cm³/mol. The quantitative estimate of drug-likeness (QED) is 0.883. The van der Waals surface area contributed by atoms with Crippen LogP contribution in [0.1, 0.15) is 12.8 Å². The molecule has 0 saturated heterocycles. The minimum Gasteiger partial charge on any atom is -0.481 e. The number of hydrogen-bond acceptors (Lipinski definition) is 5. The number of hydrogen-bond donors (Lipinski definition) is 1. The van der Waals surface area contributed by atoms with Gasteiger partial charge in [-0.15, -0.1) is 0 Å². The summed E-state index contributed by atoms with van der Waals surface area (Å²) in [6.45, 7) is 1.65. The van der Waals surface area contributed by atoms with Crippen molar-refractivity contribution < 1.29 is 18.8 Å². The molecule has 1 atom stereocenters. The molecule has 20 heavy (non-hydrogen) atoms. The molecule has 2 aromatic rings. The highest BCUT2D eigenvalue weighted by atomic mass is 32.2. The number of carbonyl (C=O) groups is 1. The smallest absolute Gasteiger partial charge is 0.307 e. The maximum absolute atomic E-state index is 12.8. The Labute approximate surface area is 119 Å². The summed E-state index contributed by atoms with van der Waals surface area (Å²) >= 11 is 1.42. The van der Waals surface area contributed by atoms with Gasteiger partial charge >= 0.3 is 5.97 Å². The van der Waals surface area contributed by atoms with E-state index < -0.39 is 11.9 Å². The largest absolute Gasteiger partial charge is 0.481 e. The SMILES string of the molecule is CC(CSCc1nc(-c2ccc(F)cc2)no1)C(=O)O. The summed E-state index contributed by atoms with van der Waals surface area (Å²) in [6.07, 6.45) is 0. The molecule has 0 aliphatic rings. The van der Waals surface area contributed by atoms with Crippen molar-refractivity contribution in [2.24, 2.45) is 5.92 Å². The van der Waals surface area contributed by atoms with Crippen molar-refractivity contribution in [3.05, 3.63) is 36.0 Å². The van der Waals surface area contributed by atoms with Crippen LogP contribution < -0.4 is 0 Å². The Bertz CT molecular complexity index is 586. The van der Waals surface area contributed by atoms with Crippen molar-refractivity contribution in [3.8, 4) is 11.4 Å². The van der Waals surface area contributed by atoms with E-state index in [-0.39, 0.29) is 5.82 Å². The van der Waals surface area contributed by atoms with Gasteiger partial charge in [0.05, 0.1) is 11.7 Å². The zero-order valence-electron chi connectivity index (χ0n) is 10.7. The molecule has 7 heteroatoms.